The minimum Gasteiger partial charge on any atom is -0.390 e. The van der Waals surface area contributed by atoms with Gasteiger partial charge in [0.25, 0.3) is 0 Å². The predicted octanol–water partition coefficient (Wildman–Crippen LogP) is 0.944. The molecule has 1 N–H and O–H groups in total. The van der Waals surface area contributed by atoms with Crippen LogP contribution in [0.3, 0.4) is 0 Å². The monoisotopic (exact) mass is 199 g/mol. The lowest BCUT2D eigenvalue weighted by atomic mass is 10.1. The quantitative estimate of drug-likeness (QED) is 0.580. The predicted molar refractivity (Wildman–Crippen MR) is 49.9 cm³/mol. The summed E-state index contributed by atoms with van der Waals surface area (Å²) in [4.78, 5) is 13.9. The zero-order valence-electron chi connectivity index (χ0n) is 8.39. The Balaban J connectivity index is 3.31. The van der Waals surface area contributed by atoms with E-state index in [0.29, 0.717) is 11.4 Å². The van der Waals surface area contributed by atoms with E-state index in [0.717, 1.165) is 0 Å². The zero-order chi connectivity index (χ0) is 10.9. The van der Waals surface area contributed by atoms with Gasteiger partial charge in [0.1, 0.15) is 12.3 Å². The second-order valence-corrected chi connectivity index (χ2v) is 3.37. The van der Waals surface area contributed by atoms with Crippen molar-refractivity contribution in [1.82, 2.24) is 9.55 Å². The highest BCUT2D eigenvalue weighted by molar-refractivity contribution is 5.25. The fourth-order valence-electron chi connectivity index (χ4n) is 1.35. The van der Waals surface area contributed by atoms with Gasteiger partial charge in [0, 0.05) is 5.92 Å². The summed E-state index contributed by atoms with van der Waals surface area (Å²) in [6, 6.07) is 0. The maximum Gasteiger partial charge on any atom is 0.434 e. The van der Waals surface area contributed by atoms with E-state index in [-0.39, 0.29) is 18.5 Å². The molecule has 0 aliphatic rings. The van der Waals surface area contributed by atoms with Crippen molar-refractivity contribution in [2.45, 2.75) is 26.4 Å². The van der Waals surface area contributed by atoms with Crippen LogP contribution in [-0.2, 0) is 13.7 Å². The van der Waals surface area contributed by atoms with Crippen LogP contribution in [0.2, 0.25) is 0 Å². The molecule has 1 aromatic rings. The molecule has 1 heterocycles. The van der Waals surface area contributed by atoms with Crippen LogP contribution < -0.4 is 0 Å². The van der Waals surface area contributed by atoms with Crippen LogP contribution in [0.1, 0.15) is 31.2 Å². The summed E-state index contributed by atoms with van der Waals surface area (Å²) in [7, 11) is 1.53. The van der Waals surface area contributed by atoms with E-state index in [2.05, 4.69) is 4.98 Å². The Hall–Kier alpha value is -1.43. The number of aliphatic hydroxyl groups is 1. The van der Waals surface area contributed by atoms with Gasteiger partial charge >= 0.3 is 5.95 Å². The first-order valence-corrected chi connectivity index (χ1v) is 4.29. The number of nitrogens with zero attached hydrogens (tertiary/aromatic N) is 3. The number of aromatic nitrogens is 2. The van der Waals surface area contributed by atoms with Gasteiger partial charge in [-0.15, -0.1) is 0 Å². The van der Waals surface area contributed by atoms with Crippen LogP contribution in [0.4, 0.5) is 5.95 Å². The molecule has 1 rings (SSSR count). The molecule has 0 spiro atoms. The topological polar surface area (TPSA) is 81.2 Å². The Morgan fingerprint density at radius 3 is 2.50 bits per heavy atom. The molecule has 0 amide bonds. The van der Waals surface area contributed by atoms with Crippen LogP contribution in [0.15, 0.2) is 0 Å². The Morgan fingerprint density at radius 1 is 1.64 bits per heavy atom. The Bertz CT molecular complexity index is 357. The van der Waals surface area contributed by atoms with E-state index in [1.807, 2.05) is 13.8 Å². The van der Waals surface area contributed by atoms with Gasteiger partial charge in [-0.25, -0.2) is 4.57 Å². The van der Waals surface area contributed by atoms with Gasteiger partial charge in [-0.2, -0.15) is 0 Å². The molecule has 14 heavy (non-hydrogen) atoms. The van der Waals surface area contributed by atoms with Crippen molar-refractivity contribution in [3.05, 3.63) is 21.5 Å². The van der Waals surface area contributed by atoms with E-state index in [1.54, 1.807) is 0 Å². The van der Waals surface area contributed by atoms with Gasteiger partial charge in [0.15, 0.2) is 5.69 Å². The van der Waals surface area contributed by atoms with Crippen LogP contribution >= 0.6 is 0 Å². The Kier molecular flexibility index (Phi) is 2.85. The fourth-order valence-corrected chi connectivity index (χ4v) is 1.35. The average Bonchev–Trinajstić information content (AvgIpc) is 2.42. The number of nitro groups is 1. The number of aliphatic hydroxyl groups excluding tert-OH is 1. The van der Waals surface area contributed by atoms with Crippen LogP contribution in [-0.4, -0.2) is 19.6 Å². The van der Waals surface area contributed by atoms with Crippen LogP contribution in [0.25, 0.3) is 0 Å². The highest BCUT2D eigenvalue weighted by atomic mass is 16.6. The summed E-state index contributed by atoms with van der Waals surface area (Å²) in [5, 5.41) is 19.6. The van der Waals surface area contributed by atoms with E-state index in [4.69, 9.17) is 5.11 Å². The molecule has 0 unspecified atom stereocenters. The molecule has 6 heteroatoms. The smallest absolute Gasteiger partial charge is 0.390 e. The SMILES string of the molecule is CC(C)c1nc([N+](=O)[O-])n(C)c1CO. The van der Waals surface area contributed by atoms with Crippen LogP contribution in [0, 0.1) is 10.1 Å². The molecule has 0 aromatic carbocycles. The molecule has 0 bridgehead atoms. The van der Waals surface area contributed by atoms with Gasteiger partial charge in [-0.3, -0.25) is 0 Å². The molecule has 1 aromatic heterocycles. The van der Waals surface area contributed by atoms with Gasteiger partial charge in [0.2, 0.25) is 0 Å². The van der Waals surface area contributed by atoms with Crippen molar-refractivity contribution in [1.29, 1.82) is 0 Å². The highest BCUT2D eigenvalue weighted by Crippen LogP contribution is 2.22. The van der Waals surface area contributed by atoms with E-state index >= 15 is 0 Å². The lowest BCUT2D eigenvalue weighted by molar-refractivity contribution is -0.396. The summed E-state index contributed by atoms with van der Waals surface area (Å²) in [5.74, 6) is -0.158. The van der Waals surface area contributed by atoms with E-state index < -0.39 is 4.92 Å². The molecular weight excluding hydrogens is 186 g/mol. The van der Waals surface area contributed by atoms with Crippen LogP contribution in [0.5, 0.6) is 0 Å². The Labute approximate surface area is 81.3 Å². The third-order valence-electron chi connectivity index (χ3n) is 2.08. The molecule has 78 valence electrons. The second kappa shape index (κ2) is 3.75. The number of rotatable bonds is 3. The second-order valence-electron chi connectivity index (χ2n) is 3.37. The Morgan fingerprint density at radius 2 is 2.21 bits per heavy atom. The van der Waals surface area contributed by atoms with Gasteiger partial charge < -0.3 is 15.2 Å². The third-order valence-corrected chi connectivity index (χ3v) is 2.08. The van der Waals surface area contributed by atoms with E-state index in [1.165, 1.54) is 11.6 Å². The first kappa shape index (κ1) is 10.6. The first-order chi connectivity index (χ1) is 6.49. The molecule has 0 aliphatic heterocycles. The lowest BCUT2D eigenvalue weighted by Crippen LogP contribution is -2.02. The average molecular weight is 199 g/mol. The van der Waals surface area contributed by atoms with Gasteiger partial charge in [-0.1, -0.05) is 18.8 Å². The summed E-state index contributed by atoms with van der Waals surface area (Å²) in [6.45, 7) is 3.53. The van der Waals surface area contributed by atoms with Crippen molar-refractivity contribution < 1.29 is 10.0 Å². The molecule has 0 radical (unpaired) electrons. The van der Waals surface area contributed by atoms with E-state index in [9.17, 15) is 10.1 Å². The molecule has 6 nitrogen and oxygen atoms in total. The summed E-state index contributed by atoms with van der Waals surface area (Å²) in [5.41, 5.74) is 1.09. The number of imidazole rings is 1. The number of hydrogen-bond donors (Lipinski definition) is 1. The molecule has 0 fully saturated rings. The fraction of sp³-hybridized carbons (Fsp3) is 0.625. The highest BCUT2D eigenvalue weighted by Gasteiger charge is 2.25. The summed E-state index contributed by atoms with van der Waals surface area (Å²) in [6.07, 6.45) is 0. The molecular formula is C8H13N3O3. The normalized spacial score (nSPS) is 10.9. The molecule has 0 saturated heterocycles. The lowest BCUT2D eigenvalue weighted by Gasteiger charge is -1.99. The van der Waals surface area contributed by atoms with Crippen molar-refractivity contribution in [3.8, 4) is 0 Å². The van der Waals surface area contributed by atoms with Gasteiger partial charge in [-0.05, 0) is 4.92 Å². The first-order valence-electron chi connectivity index (χ1n) is 4.29. The summed E-state index contributed by atoms with van der Waals surface area (Å²) < 4.78 is 1.31. The number of hydrogen-bond acceptors (Lipinski definition) is 4. The molecule has 0 atom stereocenters. The zero-order valence-corrected chi connectivity index (χ0v) is 8.39. The summed E-state index contributed by atoms with van der Waals surface area (Å²) >= 11 is 0. The standard InChI is InChI=1S/C8H13N3O3/c1-5(2)7-6(4-12)10(3)8(9-7)11(13)14/h5,12H,4H2,1-3H3. The minimum atomic E-state index is -0.551. The van der Waals surface area contributed by atoms with Crippen molar-refractivity contribution in [3.63, 3.8) is 0 Å². The molecule has 0 aliphatic carbocycles. The third kappa shape index (κ3) is 1.60. The maximum absolute atomic E-state index is 10.6. The largest absolute Gasteiger partial charge is 0.434 e. The van der Waals surface area contributed by atoms with Gasteiger partial charge in [0.05, 0.1) is 7.05 Å². The van der Waals surface area contributed by atoms with Crippen molar-refractivity contribution in [2.75, 3.05) is 0 Å². The van der Waals surface area contributed by atoms with Crippen molar-refractivity contribution >= 4 is 5.95 Å². The van der Waals surface area contributed by atoms with Crippen molar-refractivity contribution in [2.24, 2.45) is 7.05 Å². The maximum atomic E-state index is 10.6. The molecule has 0 saturated carbocycles. The minimum absolute atomic E-state index is 0.0667.